The fourth-order valence-electron chi connectivity index (χ4n) is 5.65. The van der Waals surface area contributed by atoms with Gasteiger partial charge in [-0.3, -0.25) is 9.69 Å². The van der Waals surface area contributed by atoms with E-state index in [0.29, 0.717) is 43.2 Å². The van der Waals surface area contributed by atoms with E-state index in [4.69, 9.17) is 21.1 Å². The number of hydrogen-bond donors (Lipinski definition) is 0. The summed E-state index contributed by atoms with van der Waals surface area (Å²) in [5, 5.41) is 0.397. The van der Waals surface area contributed by atoms with E-state index in [2.05, 4.69) is 4.90 Å². The minimum atomic E-state index is -0.714. The van der Waals surface area contributed by atoms with Gasteiger partial charge in [-0.05, 0) is 101 Å². The van der Waals surface area contributed by atoms with Gasteiger partial charge in [-0.15, -0.1) is 0 Å². The highest BCUT2D eigenvalue weighted by Crippen LogP contribution is 2.46. The van der Waals surface area contributed by atoms with Gasteiger partial charge in [-0.25, -0.2) is 13.6 Å². The Morgan fingerprint density at radius 3 is 2.48 bits per heavy atom. The number of carbonyl (C=O) groups is 2. The van der Waals surface area contributed by atoms with Crippen LogP contribution in [0.4, 0.5) is 8.78 Å². The average Bonchev–Trinajstić information content (AvgIpc) is 3.59. The fourth-order valence-corrected chi connectivity index (χ4v) is 5.88. The second-order valence-electron chi connectivity index (χ2n) is 12.2. The average molecular weight is 575 g/mol. The van der Waals surface area contributed by atoms with E-state index in [1.54, 1.807) is 32.9 Å². The number of hydrogen-bond acceptors (Lipinski definition) is 5. The van der Waals surface area contributed by atoms with Gasteiger partial charge in [0.15, 0.2) is 0 Å². The van der Waals surface area contributed by atoms with Gasteiger partial charge in [0.2, 0.25) is 0 Å². The Morgan fingerprint density at radius 1 is 1.02 bits per heavy atom. The molecule has 3 aliphatic rings. The van der Waals surface area contributed by atoms with Crippen LogP contribution in [0.3, 0.4) is 0 Å². The van der Waals surface area contributed by atoms with Crippen LogP contribution in [0.2, 0.25) is 5.02 Å². The number of ether oxygens (including phenoxy) is 2. The van der Waals surface area contributed by atoms with E-state index < -0.39 is 29.3 Å². The molecule has 1 amide bonds. The maximum atomic E-state index is 15.5. The molecule has 2 aliphatic heterocycles. The van der Waals surface area contributed by atoms with Crippen molar-refractivity contribution in [3.63, 3.8) is 0 Å². The van der Waals surface area contributed by atoms with Crippen molar-refractivity contribution in [2.24, 2.45) is 0 Å². The van der Waals surface area contributed by atoms with E-state index in [0.717, 1.165) is 43.4 Å². The lowest BCUT2D eigenvalue weighted by Crippen LogP contribution is -2.43. The number of amides is 1. The van der Waals surface area contributed by atoms with Crippen LogP contribution in [0.15, 0.2) is 30.3 Å². The Balaban J connectivity index is 1.31. The molecule has 2 aromatic rings. The number of halogens is 3. The summed E-state index contributed by atoms with van der Waals surface area (Å²) in [6, 6.07) is 6.69. The van der Waals surface area contributed by atoms with Gasteiger partial charge in [0.1, 0.15) is 35.1 Å². The molecule has 1 saturated carbocycles. The van der Waals surface area contributed by atoms with Crippen molar-refractivity contribution in [2.75, 3.05) is 19.6 Å². The Labute approximate surface area is 239 Å². The van der Waals surface area contributed by atoms with Crippen LogP contribution in [-0.2, 0) is 16.1 Å². The highest BCUT2D eigenvalue weighted by Gasteiger charge is 2.39. The summed E-state index contributed by atoms with van der Waals surface area (Å²) in [6.45, 7) is 7.81. The summed E-state index contributed by atoms with van der Waals surface area (Å²) in [6.07, 6.45) is 4.66. The lowest BCUT2D eigenvalue weighted by atomic mass is 10.0. The van der Waals surface area contributed by atoms with Crippen molar-refractivity contribution in [1.82, 2.24) is 9.80 Å². The van der Waals surface area contributed by atoms with Gasteiger partial charge < -0.3 is 14.4 Å². The lowest BCUT2D eigenvalue weighted by Gasteiger charge is -2.33. The van der Waals surface area contributed by atoms with Crippen LogP contribution >= 0.6 is 11.6 Å². The van der Waals surface area contributed by atoms with E-state index in [1.165, 1.54) is 23.1 Å². The van der Waals surface area contributed by atoms with Gasteiger partial charge in [0, 0.05) is 30.7 Å². The van der Waals surface area contributed by atoms with Crippen molar-refractivity contribution in [2.45, 2.75) is 89.5 Å². The van der Waals surface area contributed by atoms with Crippen LogP contribution in [0.5, 0.6) is 5.75 Å². The van der Waals surface area contributed by atoms with Gasteiger partial charge in [0.25, 0.3) is 5.91 Å². The summed E-state index contributed by atoms with van der Waals surface area (Å²) in [4.78, 5) is 29.9. The summed E-state index contributed by atoms with van der Waals surface area (Å²) in [5.74, 6) is -1.25. The predicted octanol–water partition coefficient (Wildman–Crippen LogP) is 6.49. The standard InChI is InChI=1S/C31H37ClF2N2O4/c1-31(2,3)40-30(38)27-7-5-13-36(27)29(37)24-15-23(19-8-9-19)28(16-26(24)34)39-22-6-4-12-35(18-22)17-20-10-11-21(33)14-25(20)32/h10-11,14-16,19,22,27H,4-9,12-13,17-18H2,1-3H3/t22-,27+/m1/s1. The van der Waals surface area contributed by atoms with Gasteiger partial charge in [-0.1, -0.05) is 17.7 Å². The Morgan fingerprint density at radius 2 is 1.77 bits per heavy atom. The first-order chi connectivity index (χ1) is 19.0. The molecule has 1 aliphatic carbocycles. The fraction of sp³-hybridized carbons (Fsp3) is 0.548. The molecule has 2 atom stereocenters. The molecule has 0 N–H and O–H groups in total. The van der Waals surface area contributed by atoms with Crippen LogP contribution in [0.25, 0.3) is 0 Å². The number of carbonyl (C=O) groups excluding carboxylic acids is 2. The topological polar surface area (TPSA) is 59.1 Å². The third-order valence-corrected chi connectivity index (χ3v) is 8.06. The largest absolute Gasteiger partial charge is 0.489 e. The Kier molecular flexibility index (Phi) is 8.39. The molecule has 0 spiro atoms. The summed E-state index contributed by atoms with van der Waals surface area (Å²) < 4.78 is 40.9. The Bertz CT molecular complexity index is 1280. The molecule has 2 aromatic carbocycles. The number of piperidine rings is 1. The van der Waals surface area contributed by atoms with Crippen LogP contribution < -0.4 is 4.74 Å². The van der Waals surface area contributed by atoms with E-state index >= 15 is 4.39 Å². The van der Waals surface area contributed by atoms with Crippen LogP contribution in [0.1, 0.15) is 86.7 Å². The van der Waals surface area contributed by atoms with Crippen molar-refractivity contribution in [3.05, 3.63) is 63.7 Å². The van der Waals surface area contributed by atoms with Crippen LogP contribution in [-0.4, -0.2) is 59.1 Å². The molecular weight excluding hydrogens is 538 g/mol. The molecular formula is C31H37ClF2N2O4. The zero-order chi connectivity index (χ0) is 28.6. The zero-order valence-corrected chi connectivity index (χ0v) is 24.1. The van der Waals surface area contributed by atoms with E-state index in [1.807, 2.05) is 0 Å². The van der Waals surface area contributed by atoms with E-state index in [9.17, 15) is 14.0 Å². The molecule has 5 rings (SSSR count). The molecule has 6 nitrogen and oxygen atoms in total. The van der Waals surface area contributed by atoms with Crippen molar-refractivity contribution < 1.29 is 27.8 Å². The molecule has 0 radical (unpaired) electrons. The van der Waals surface area contributed by atoms with Crippen molar-refractivity contribution in [3.8, 4) is 5.75 Å². The number of likely N-dealkylation sites (tertiary alicyclic amines) is 2. The normalized spacial score (nSPS) is 21.9. The first kappa shape index (κ1) is 28.8. The minimum Gasteiger partial charge on any atom is -0.489 e. The summed E-state index contributed by atoms with van der Waals surface area (Å²) in [7, 11) is 0. The molecule has 40 heavy (non-hydrogen) atoms. The third kappa shape index (κ3) is 6.77. The smallest absolute Gasteiger partial charge is 0.329 e. The van der Waals surface area contributed by atoms with E-state index in [-0.39, 0.29) is 23.4 Å². The molecule has 2 heterocycles. The minimum absolute atomic E-state index is 0.0269. The Hall–Kier alpha value is -2.71. The third-order valence-electron chi connectivity index (χ3n) is 7.70. The number of benzene rings is 2. The second-order valence-corrected chi connectivity index (χ2v) is 12.6. The van der Waals surface area contributed by atoms with Gasteiger partial charge in [-0.2, -0.15) is 0 Å². The molecule has 9 heteroatoms. The molecule has 0 aromatic heterocycles. The highest BCUT2D eigenvalue weighted by molar-refractivity contribution is 6.31. The first-order valence-electron chi connectivity index (χ1n) is 14.2. The summed E-state index contributed by atoms with van der Waals surface area (Å²) >= 11 is 6.24. The van der Waals surface area contributed by atoms with Gasteiger partial charge >= 0.3 is 5.97 Å². The van der Waals surface area contributed by atoms with Crippen LogP contribution in [0, 0.1) is 11.6 Å². The highest BCUT2D eigenvalue weighted by atomic mass is 35.5. The van der Waals surface area contributed by atoms with Crippen molar-refractivity contribution >= 4 is 23.5 Å². The second kappa shape index (κ2) is 11.6. The molecule has 2 saturated heterocycles. The quantitative estimate of drug-likeness (QED) is 0.354. The van der Waals surface area contributed by atoms with Crippen molar-refractivity contribution in [1.29, 1.82) is 0 Å². The SMILES string of the molecule is CC(C)(C)OC(=O)[C@@H]1CCCN1C(=O)c1cc(C2CC2)c(O[C@@H]2CCCN(Cc3ccc(F)cc3Cl)C2)cc1F. The maximum Gasteiger partial charge on any atom is 0.329 e. The predicted molar refractivity (Wildman–Crippen MR) is 149 cm³/mol. The lowest BCUT2D eigenvalue weighted by molar-refractivity contribution is -0.159. The maximum absolute atomic E-state index is 15.5. The molecule has 216 valence electrons. The molecule has 0 bridgehead atoms. The molecule has 0 unspecified atom stereocenters. The molecule has 3 fully saturated rings. The zero-order valence-electron chi connectivity index (χ0n) is 23.4. The number of rotatable bonds is 7. The first-order valence-corrected chi connectivity index (χ1v) is 14.6. The monoisotopic (exact) mass is 574 g/mol. The number of nitrogens with zero attached hydrogens (tertiary/aromatic N) is 2. The number of esters is 1. The van der Waals surface area contributed by atoms with Gasteiger partial charge in [0.05, 0.1) is 5.56 Å². The summed E-state index contributed by atoms with van der Waals surface area (Å²) in [5.41, 5.74) is 0.998.